The Morgan fingerprint density at radius 3 is 3.06 bits per heavy atom. The fourth-order valence-corrected chi connectivity index (χ4v) is 1.92. The molecule has 0 aromatic carbocycles. The quantitative estimate of drug-likeness (QED) is 0.777. The average Bonchev–Trinajstić information content (AvgIpc) is 3.13. The highest BCUT2D eigenvalue weighted by atomic mass is 16.4. The van der Waals surface area contributed by atoms with Crippen molar-refractivity contribution < 1.29 is 9.90 Å². The number of hydrogen-bond donors (Lipinski definition) is 2. The monoisotopic (exact) mass is 235 g/mol. The SMILES string of the molecule is CC(CNCc1ncncc1C(=O)O)C1CC1. The van der Waals surface area contributed by atoms with Gasteiger partial charge in [0.2, 0.25) is 0 Å². The van der Waals surface area contributed by atoms with E-state index in [9.17, 15) is 4.79 Å². The molecule has 1 aliphatic rings. The van der Waals surface area contributed by atoms with Gasteiger partial charge in [-0.2, -0.15) is 0 Å². The fourth-order valence-electron chi connectivity index (χ4n) is 1.92. The Balaban J connectivity index is 1.87. The lowest BCUT2D eigenvalue weighted by molar-refractivity contribution is 0.0694. The van der Waals surface area contributed by atoms with E-state index in [1.165, 1.54) is 25.4 Å². The molecule has 1 saturated carbocycles. The first-order valence-corrected chi connectivity index (χ1v) is 5.91. The third-order valence-corrected chi connectivity index (χ3v) is 3.21. The number of carboxylic acid groups (broad SMARTS) is 1. The number of nitrogens with zero attached hydrogens (tertiary/aromatic N) is 2. The van der Waals surface area contributed by atoms with Crippen molar-refractivity contribution in [1.82, 2.24) is 15.3 Å². The molecule has 0 bridgehead atoms. The molecular formula is C12H17N3O2. The molecule has 2 N–H and O–H groups in total. The van der Waals surface area contributed by atoms with Crippen molar-refractivity contribution in [2.24, 2.45) is 11.8 Å². The maximum atomic E-state index is 10.9. The molecule has 1 aromatic rings. The van der Waals surface area contributed by atoms with Crippen LogP contribution in [0.3, 0.4) is 0 Å². The highest BCUT2D eigenvalue weighted by molar-refractivity contribution is 5.88. The largest absolute Gasteiger partial charge is 0.478 e. The van der Waals surface area contributed by atoms with Gasteiger partial charge in [-0.25, -0.2) is 14.8 Å². The van der Waals surface area contributed by atoms with Crippen molar-refractivity contribution >= 4 is 5.97 Å². The van der Waals surface area contributed by atoms with Crippen LogP contribution < -0.4 is 5.32 Å². The molecule has 1 fully saturated rings. The molecule has 1 aliphatic carbocycles. The summed E-state index contributed by atoms with van der Waals surface area (Å²) in [5.41, 5.74) is 0.731. The molecular weight excluding hydrogens is 218 g/mol. The maximum absolute atomic E-state index is 10.9. The topological polar surface area (TPSA) is 75.1 Å². The molecule has 92 valence electrons. The van der Waals surface area contributed by atoms with E-state index in [0.717, 1.165) is 12.5 Å². The van der Waals surface area contributed by atoms with Crippen LogP contribution in [0.4, 0.5) is 0 Å². The highest BCUT2D eigenvalue weighted by Gasteiger charge is 2.27. The number of carboxylic acids is 1. The van der Waals surface area contributed by atoms with Crippen molar-refractivity contribution in [3.63, 3.8) is 0 Å². The summed E-state index contributed by atoms with van der Waals surface area (Å²) in [5.74, 6) is 0.537. The van der Waals surface area contributed by atoms with Crippen LogP contribution in [-0.4, -0.2) is 27.6 Å². The van der Waals surface area contributed by atoms with Crippen molar-refractivity contribution in [3.8, 4) is 0 Å². The van der Waals surface area contributed by atoms with Crippen molar-refractivity contribution in [3.05, 3.63) is 23.8 Å². The van der Waals surface area contributed by atoms with Crippen LogP contribution in [0.2, 0.25) is 0 Å². The van der Waals surface area contributed by atoms with Gasteiger partial charge in [0.05, 0.1) is 5.69 Å². The molecule has 0 amide bonds. The summed E-state index contributed by atoms with van der Waals surface area (Å²) in [4.78, 5) is 18.7. The minimum Gasteiger partial charge on any atom is -0.478 e. The van der Waals surface area contributed by atoms with Gasteiger partial charge in [0.25, 0.3) is 0 Å². The average molecular weight is 235 g/mol. The smallest absolute Gasteiger partial charge is 0.339 e. The summed E-state index contributed by atoms with van der Waals surface area (Å²) in [6.45, 7) is 3.62. The Morgan fingerprint density at radius 2 is 2.41 bits per heavy atom. The molecule has 5 nitrogen and oxygen atoms in total. The van der Waals surface area contributed by atoms with E-state index in [-0.39, 0.29) is 5.56 Å². The van der Waals surface area contributed by atoms with Crippen molar-refractivity contribution in [1.29, 1.82) is 0 Å². The van der Waals surface area contributed by atoms with E-state index in [2.05, 4.69) is 22.2 Å². The highest BCUT2D eigenvalue weighted by Crippen LogP contribution is 2.36. The fraction of sp³-hybridized carbons (Fsp3) is 0.583. The minimum absolute atomic E-state index is 0.180. The summed E-state index contributed by atoms with van der Waals surface area (Å²) in [5, 5.41) is 12.2. The summed E-state index contributed by atoms with van der Waals surface area (Å²) < 4.78 is 0. The summed E-state index contributed by atoms with van der Waals surface area (Å²) in [6.07, 6.45) is 5.39. The number of nitrogens with one attached hydrogen (secondary N) is 1. The maximum Gasteiger partial charge on any atom is 0.339 e. The Bertz CT molecular complexity index is 404. The second-order valence-electron chi connectivity index (χ2n) is 4.63. The van der Waals surface area contributed by atoms with Crippen LogP contribution in [0.25, 0.3) is 0 Å². The van der Waals surface area contributed by atoms with E-state index in [1.54, 1.807) is 0 Å². The predicted octanol–water partition coefficient (Wildman–Crippen LogP) is 1.31. The molecule has 2 rings (SSSR count). The molecule has 1 heterocycles. The van der Waals surface area contributed by atoms with Crippen LogP contribution in [0, 0.1) is 11.8 Å². The molecule has 1 atom stereocenters. The zero-order valence-corrected chi connectivity index (χ0v) is 9.89. The van der Waals surface area contributed by atoms with E-state index in [1.807, 2.05) is 0 Å². The van der Waals surface area contributed by atoms with Crippen LogP contribution in [0.1, 0.15) is 35.8 Å². The lowest BCUT2D eigenvalue weighted by Gasteiger charge is -2.11. The van der Waals surface area contributed by atoms with Crippen LogP contribution in [-0.2, 0) is 6.54 Å². The second kappa shape index (κ2) is 5.23. The molecule has 0 saturated heterocycles. The molecule has 1 aromatic heterocycles. The summed E-state index contributed by atoms with van der Waals surface area (Å²) in [6, 6.07) is 0. The third-order valence-electron chi connectivity index (χ3n) is 3.21. The van der Waals surface area contributed by atoms with E-state index in [0.29, 0.717) is 18.2 Å². The number of aromatic nitrogens is 2. The van der Waals surface area contributed by atoms with Crippen LogP contribution >= 0.6 is 0 Å². The zero-order chi connectivity index (χ0) is 12.3. The van der Waals surface area contributed by atoms with Gasteiger partial charge in [0.15, 0.2) is 0 Å². The number of aromatic carboxylic acids is 1. The number of hydrogen-bond acceptors (Lipinski definition) is 4. The molecule has 1 unspecified atom stereocenters. The Kier molecular flexibility index (Phi) is 3.68. The van der Waals surface area contributed by atoms with Gasteiger partial charge in [-0.1, -0.05) is 6.92 Å². The van der Waals surface area contributed by atoms with Crippen LogP contribution in [0.5, 0.6) is 0 Å². The zero-order valence-electron chi connectivity index (χ0n) is 9.89. The van der Waals surface area contributed by atoms with Crippen LogP contribution in [0.15, 0.2) is 12.5 Å². The Hall–Kier alpha value is -1.49. The van der Waals surface area contributed by atoms with Crippen molar-refractivity contribution in [2.45, 2.75) is 26.3 Å². The van der Waals surface area contributed by atoms with E-state index >= 15 is 0 Å². The molecule has 0 radical (unpaired) electrons. The standard InChI is InChI=1S/C12H17N3O2/c1-8(9-2-3-9)4-13-6-11-10(12(16)17)5-14-7-15-11/h5,7-9,13H,2-4,6H2,1H3,(H,16,17). The van der Waals surface area contributed by atoms with Gasteiger partial charge in [0, 0.05) is 12.7 Å². The van der Waals surface area contributed by atoms with Gasteiger partial charge in [-0.15, -0.1) is 0 Å². The lowest BCUT2D eigenvalue weighted by atomic mass is 10.1. The number of carbonyl (C=O) groups is 1. The first kappa shape index (κ1) is 12.0. The van der Waals surface area contributed by atoms with Gasteiger partial charge < -0.3 is 10.4 Å². The Morgan fingerprint density at radius 1 is 1.65 bits per heavy atom. The van der Waals surface area contributed by atoms with Gasteiger partial charge >= 0.3 is 5.97 Å². The van der Waals surface area contributed by atoms with Crippen molar-refractivity contribution in [2.75, 3.05) is 6.54 Å². The normalized spacial score (nSPS) is 16.8. The first-order chi connectivity index (χ1) is 8.18. The van der Waals surface area contributed by atoms with Gasteiger partial charge in [0.1, 0.15) is 11.9 Å². The molecule has 17 heavy (non-hydrogen) atoms. The second-order valence-corrected chi connectivity index (χ2v) is 4.63. The van der Waals surface area contributed by atoms with Gasteiger partial charge in [-0.05, 0) is 31.2 Å². The first-order valence-electron chi connectivity index (χ1n) is 5.91. The number of rotatable bonds is 6. The summed E-state index contributed by atoms with van der Waals surface area (Å²) in [7, 11) is 0. The van der Waals surface area contributed by atoms with E-state index in [4.69, 9.17) is 5.11 Å². The molecule has 0 spiro atoms. The minimum atomic E-state index is -0.974. The molecule has 0 aliphatic heterocycles. The Labute approximate surface area is 100 Å². The van der Waals surface area contributed by atoms with E-state index < -0.39 is 5.97 Å². The third kappa shape index (κ3) is 3.23. The summed E-state index contributed by atoms with van der Waals surface area (Å²) >= 11 is 0. The molecule has 5 heteroatoms. The lowest BCUT2D eigenvalue weighted by Crippen LogP contribution is -2.23. The van der Waals surface area contributed by atoms with Gasteiger partial charge in [-0.3, -0.25) is 0 Å². The predicted molar refractivity (Wildman–Crippen MR) is 62.6 cm³/mol.